The molecule has 2 aromatic carbocycles. The van der Waals surface area contributed by atoms with Gasteiger partial charge in [-0.05, 0) is 24.3 Å². The summed E-state index contributed by atoms with van der Waals surface area (Å²) in [5, 5.41) is 6.12. The maximum Gasteiger partial charge on any atom is 0.364 e. The zero-order valence-corrected chi connectivity index (χ0v) is 16.5. The highest BCUT2D eigenvalue weighted by atomic mass is 35.5. The number of nitrogens with zero attached hydrogens (tertiary/aromatic N) is 2. The van der Waals surface area contributed by atoms with Crippen LogP contribution in [0, 0.1) is 11.6 Å². The summed E-state index contributed by atoms with van der Waals surface area (Å²) in [7, 11) is 0. The summed E-state index contributed by atoms with van der Waals surface area (Å²) in [6.07, 6.45) is -0.135. The van der Waals surface area contributed by atoms with Gasteiger partial charge in [-0.2, -0.15) is 5.10 Å². The van der Waals surface area contributed by atoms with Gasteiger partial charge < -0.3 is 15.8 Å². The maximum atomic E-state index is 13.5. The Hall–Kier alpha value is -3.79. The molecule has 0 unspecified atom stereocenters. The Kier molecular flexibility index (Phi) is 6.61. The number of ether oxygens (including phenoxy) is 1. The number of nitrogens with one attached hydrogen (secondary N) is 1. The summed E-state index contributed by atoms with van der Waals surface area (Å²) < 4.78 is 33.1. The van der Waals surface area contributed by atoms with Gasteiger partial charge in [-0.25, -0.2) is 18.3 Å². The molecule has 2 amide bonds. The molecular weight excluding hydrogens is 434 g/mol. The highest BCUT2D eigenvalue weighted by Gasteiger charge is 2.21. The number of hydrogen-bond acceptors (Lipinski definition) is 5. The number of nitrogens with two attached hydrogens (primary N) is 1. The molecule has 1 aromatic heterocycles. The number of carbonyl (C=O) groups is 3. The molecule has 3 aromatic rings. The van der Waals surface area contributed by atoms with Gasteiger partial charge in [-0.15, -0.1) is 0 Å². The lowest BCUT2D eigenvalue weighted by atomic mass is 10.2. The lowest BCUT2D eigenvalue weighted by molar-refractivity contribution is -0.118. The number of anilines is 1. The minimum atomic E-state index is -1.26. The first-order valence-electron chi connectivity index (χ1n) is 8.84. The summed E-state index contributed by atoms with van der Waals surface area (Å²) in [6.45, 7) is -0.0604. The molecule has 0 bridgehead atoms. The first kappa shape index (κ1) is 21.9. The second-order valence-electron chi connectivity index (χ2n) is 6.26. The van der Waals surface area contributed by atoms with E-state index in [4.69, 9.17) is 22.1 Å². The van der Waals surface area contributed by atoms with Crippen LogP contribution in [0.25, 0.3) is 0 Å². The molecule has 0 fully saturated rings. The van der Waals surface area contributed by atoms with Crippen molar-refractivity contribution < 1.29 is 27.9 Å². The van der Waals surface area contributed by atoms with Gasteiger partial charge >= 0.3 is 5.97 Å². The van der Waals surface area contributed by atoms with Gasteiger partial charge in [0, 0.05) is 12.5 Å². The first-order valence-corrected chi connectivity index (χ1v) is 9.21. The van der Waals surface area contributed by atoms with Crippen molar-refractivity contribution in [3.8, 4) is 5.75 Å². The van der Waals surface area contributed by atoms with Gasteiger partial charge in [0.1, 0.15) is 11.6 Å². The second kappa shape index (κ2) is 9.35. The molecule has 0 spiro atoms. The Morgan fingerprint density at radius 2 is 1.77 bits per heavy atom. The van der Waals surface area contributed by atoms with Crippen molar-refractivity contribution in [1.29, 1.82) is 0 Å². The molecule has 0 aliphatic carbocycles. The van der Waals surface area contributed by atoms with Gasteiger partial charge in [-0.1, -0.05) is 29.8 Å². The number of primary amides is 1. The van der Waals surface area contributed by atoms with Gasteiger partial charge in [0.05, 0.1) is 17.1 Å². The number of hydrogen-bond donors (Lipinski definition) is 2. The van der Waals surface area contributed by atoms with E-state index in [2.05, 4.69) is 10.4 Å². The monoisotopic (exact) mass is 448 g/mol. The molecule has 31 heavy (non-hydrogen) atoms. The predicted octanol–water partition coefficient (Wildman–Crippen LogP) is 3.16. The number of benzene rings is 2. The van der Waals surface area contributed by atoms with Crippen LogP contribution in [0.3, 0.4) is 0 Å². The summed E-state index contributed by atoms with van der Waals surface area (Å²) in [5.74, 6) is -4.53. The minimum Gasteiger partial charge on any atom is -0.422 e. The Morgan fingerprint density at radius 1 is 1.10 bits per heavy atom. The van der Waals surface area contributed by atoms with E-state index in [9.17, 15) is 23.2 Å². The molecule has 1 heterocycles. The molecular formula is C20H15ClF2N4O4. The van der Waals surface area contributed by atoms with E-state index in [0.717, 1.165) is 4.68 Å². The number of esters is 1. The average molecular weight is 449 g/mol. The van der Waals surface area contributed by atoms with E-state index in [-0.39, 0.29) is 40.8 Å². The topological polar surface area (TPSA) is 116 Å². The van der Waals surface area contributed by atoms with E-state index < -0.39 is 29.4 Å². The fraction of sp³-hybridized carbons (Fsp3) is 0.100. The number of para-hydroxylation sites is 1. The number of aromatic nitrogens is 2. The van der Waals surface area contributed by atoms with E-state index in [1.165, 1.54) is 6.07 Å². The second-order valence-corrected chi connectivity index (χ2v) is 6.66. The van der Waals surface area contributed by atoms with Crippen LogP contribution in [0.1, 0.15) is 27.3 Å². The lowest BCUT2D eigenvalue weighted by Gasteiger charge is -2.09. The third kappa shape index (κ3) is 5.43. The lowest BCUT2D eigenvalue weighted by Crippen LogP contribution is -2.19. The van der Waals surface area contributed by atoms with Gasteiger partial charge in [-0.3, -0.25) is 9.59 Å². The number of rotatable bonds is 7. The Labute approximate surface area is 179 Å². The molecule has 0 aliphatic rings. The van der Waals surface area contributed by atoms with Crippen LogP contribution in [0.2, 0.25) is 5.02 Å². The maximum absolute atomic E-state index is 13.5. The van der Waals surface area contributed by atoms with Crippen molar-refractivity contribution >= 4 is 35.2 Å². The highest BCUT2D eigenvalue weighted by Crippen LogP contribution is 2.22. The first-order chi connectivity index (χ1) is 14.7. The van der Waals surface area contributed by atoms with Crippen molar-refractivity contribution in [1.82, 2.24) is 9.78 Å². The molecule has 3 N–H and O–H groups in total. The molecule has 160 valence electrons. The Balaban J connectivity index is 1.87. The predicted molar refractivity (Wildman–Crippen MR) is 107 cm³/mol. The van der Waals surface area contributed by atoms with Crippen LogP contribution >= 0.6 is 11.6 Å². The van der Waals surface area contributed by atoms with Crippen molar-refractivity contribution in [2.75, 3.05) is 5.32 Å². The molecule has 0 aliphatic heterocycles. The number of aryl methyl sites for hydroxylation is 1. The van der Waals surface area contributed by atoms with Crippen molar-refractivity contribution in [3.05, 3.63) is 76.4 Å². The number of carbonyl (C=O) groups excluding carboxylic acids is 3. The van der Waals surface area contributed by atoms with Crippen LogP contribution in [-0.2, 0) is 11.3 Å². The van der Waals surface area contributed by atoms with E-state index >= 15 is 0 Å². The minimum absolute atomic E-state index is 0.00735. The van der Waals surface area contributed by atoms with Crippen LogP contribution in [0.4, 0.5) is 14.6 Å². The zero-order valence-electron chi connectivity index (χ0n) is 15.8. The number of amides is 2. The van der Waals surface area contributed by atoms with Crippen molar-refractivity contribution in [2.24, 2.45) is 5.73 Å². The summed E-state index contributed by atoms with van der Waals surface area (Å²) in [4.78, 5) is 36.1. The third-order valence-corrected chi connectivity index (χ3v) is 4.32. The average Bonchev–Trinajstić information content (AvgIpc) is 3.12. The normalized spacial score (nSPS) is 10.5. The van der Waals surface area contributed by atoms with Gasteiger partial charge in [0.15, 0.2) is 17.3 Å². The third-order valence-electron chi connectivity index (χ3n) is 4.01. The van der Waals surface area contributed by atoms with E-state index in [1.807, 2.05) is 0 Å². The fourth-order valence-corrected chi connectivity index (χ4v) is 2.77. The number of halogens is 3. The summed E-state index contributed by atoms with van der Waals surface area (Å²) in [5.41, 5.74) is 4.65. The largest absolute Gasteiger partial charge is 0.422 e. The zero-order chi connectivity index (χ0) is 22.5. The summed E-state index contributed by atoms with van der Waals surface area (Å²) >= 11 is 5.83. The smallest absolute Gasteiger partial charge is 0.364 e. The van der Waals surface area contributed by atoms with Crippen molar-refractivity contribution in [2.45, 2.75) is 13.0 Å². The molecule has 8 nitrogen and oxygen atoms in total. The van der Waals surface area contributed by atoms with Crippen molar-refractivity contribution in [3.63, 3.8) is 0 Å². The molecule has 0 saturated heterocycles. The van der Waals surface area contributed by atoms with Crippen LogP contribution in [-0.4, -0.2) is 27.6 Å². The molecule has 0 radical (unpaired) electrons. The van der Waals surface area contributed by atoms with E-state index in [1.54, 1.807) is 30.3 Å². The molecule has 0 atom stereocenters. The molecule has 11 heteroatoms. The Bertz CT molecular complexity index is 1150. The van der Waals surface area contributed by atoms with Crippen LogP contribution < -0.4 is 15.8 Å². The Morgan fingerprint density at radius 3 is 2.45 bits per heavy atom. The van der Waals surface area contributed by atoms with Crippen LogP contribution in [0.15, 0.2) is 48.5 Å². The fourth-order valence-electron chi connectivity index (χ4n) is 2.53. The van der Waals surface area contributed by atoms with Crippen LogP contribution in [0.5, 0.6) is 5.75 Å². The standard InChI is InChI=1S/C20H15ClF2N4O4/c21-13-9-15(23)14(22)8-12(13)19(29)25-18-10-16(26-27(18)7-6-17(24)28)20(30)31-11-4-2-1-3-5-11/h1-5,8-10H,6-7H2,(H2,24,28)(H,25,29). The van der Waals surface area contributed by atoms with Gasteiger partial charge in [0.2, 0.25) is 5.91 Å². The van der Waals surface area contributed by atoms with Gasteiger partial charge in [0.25, 0.3) is 5.91 Å². The highest BCUT2D eigenvalue weighted by molar-refractivity contribution is 6.34. The quantitative estimate of drug-likeness (QED) is 0.327. The van der Waals surface area contributed by atoms with E-state index in [0.29, 0.717) is 12.1 Å². The molecule has 0 saturated carbocycles. The summed E-state index contributed by atoms with van der Waals surface area (Å²) in [6, 6.07) is 10.7. The molecule has 3 rings (SSSR count). The SMILES string of the molecule is NC(=O)CCn1nc(C(=O)Oc2ccccc2)cc1NC(=O)c1cc(F)c(F)cc1Cl.